The Morgan fingerprint density at radius 3 is 2.81 bits per heavy atom. The minimum Gasteiger partial charge on any atom is -0.372 e. The van der Waals surface area contributed by atoms with Gasteiger partial charge in [0.05, 0.1) is 11.9 Å². The molecule has 0 radical (unpaired) electrons. The Labute approximate surface area is 131 Å². The number of aromatic nitrogens is 1. The van der Waals surface area contributed by atoms with Gasteiger partial charge >= 0.3 is 0 Å². The van der Waals surface area contributed by atoms with Gasteiger partial charge < -0.3 is 20.3 Å². The Kier molecular flexibility index (Phi) is 8.04. The van der Waals surface area contributed by atoms with Crippen LogP contribution in [0.15, 0.2) is 18.3 Å². The molecule has 0 spiro atoms. The fourth-order valence-electron chi connectivity index (χ4n) is 2.06. The summed E-state index contributed by atoms with van der Waals surface area (Å²) in [6, 6.07) is 3.82. The van der Waals surface area contributed by atoms with Crippen LogP contribution in [-0.2, 0) is 9.53 Å². The lowest BCUT2D eigenvalue weighted by atomic mass is 10.3. The number of nitrogens with one attached hydrogen (secondary N) is 2. The molecule has 1 aromatic rings. The summed E-state index contributed by atoms with van der Waals surface area (Å²) < 4.78 is 5.18. The van der Waals surface area contributed by atoms with Crippen molar-refractivity contribution in [2.75, 3.05) is 49.6 Å². The molecule has 2 heterocycles. The van der Waals surface area contributed by atoms with Crippen molar-refractivity contribution in [3.63, 3.8) is 0 Å². The fraction of sp³-hybridized carbons (Fsp3) is 0.571. The second-order valence-corrected chi connectivity index (χ2v) is 4.74. The molecule has 118 valence electrons. The first-order chi connectivity index (χ1) is 9.79. The number of carbonyl (C=O) groups excluding carboxylic acids is 1. The van der Waals surface area contributed by atoms with Crippen LogP contribution in [0.2, 0.25) is 0 Å². The molecule has 0 atom stereocenters. The third kappa shape index (κ3) is 5.87. The van der Waals surface area contributed by atoms with Gasteiger partial charge in [0, 0.05) is 32.8 Å². The Morgan fingerprint density at radius 1 is 1.43 bits per heavy atom. The molecule has 0 unspecified atom stereocenters. The lowest BCUT2D eigenvalue weighted by Gasteiger charge is -2.29. The Bertz CT molecular complexity index is 421. The number of carbonyl (C=O) groups is 1. The molecule has 1 aliphatic rings. The number of nitrogens with zero attached hydrogens (tertiary/aromatic N) is 2. The summed E-state index contributed by atoms with van der Waals surface area (Å²) in [6.45, 7) is 6.64. The largest absolute Gasteiger partial charge is 0.372 e. The van der Waals surface area contributed by atoms with Crippen molar-refractivity contribution in [1.82, 2.24) is 10.3 Å². The average Bonchev–Trinajstić information content (AvgIpc) is 2.49. The summed E-state index contributed by atoms with van der Waals surface area (Å²) in [4.78, 5) is 18.1. The van der Waals surface area contributed by atoms with Crippen LogP contribution in [0.25, 0.3) is 0 Å². The van der Waals surface area contributed by atoms with Crippen molar-refractivity contribution < 1.29 is 9.53 Å². The topological polar surface area (TPSA) is 66.5 Å². The van der Waals surface area contributed by atoms with E-state index in [1.54, 1.807) is 6.20 Å². The molecule has 7 heteroatoms. The molecule has 0 bridgehead atoms. The van der Waals surface area contributed by atoms with E-state index in [4.69, 9.17) is 4.74 Å². The maximum Gasteiger partial charge on any atom is 0.251 e. The normalized spacial score (nSPS) is 14.4. The molecule has 0 aromatic carbocycles. The van der Waals surface area contributed by atoms with E-state index in [9.17, 15) is 4.79 Å². The van der Waals surface area contributed by atoms with Gasteiger partial charge in [-0.25, -0.2) is 4.98 Å². The number of piperazine rings is 1. The molecule has 1 amide bonds. The monoisotopic (exact) mass is 314 g/mol. The van der Waals surface area contributed by atoms with E-state index in [1.807, 2.05) is 19.1 Å². The highest BCUT2D eigenvalue weighted by Crippen LogP contribution is 2.15. The van der Waals surface area contributed by atoms with E-state index in [0.29, 0.717) is 12.4 Å². The number of hydrogen-bond acceptors (Lipinski definition) is 5. The van der Waals surface area contributed by atoms with Gasteiger partial charge in [-0.2, -0.15) is 0 Å². The summed E-state index contributed by atoms with van der Waals surface area (Å²) in [6.07, 6.45) is 2.71. The van der Waals surface area contributed by atoms with Crippen molar-refractivity contribution in [1.29, 1.82) is 0 Å². The van der Waals surface area contributed by atoms with Crippen LogP contribution >= 0.6 is 12.4 Å². The highest BCUT2D eigenvalue weighted by Gasteiger charge is 2.11. The van der Waals surface area contributed by atoms with Crippen molar-refractivity contribution in [3.05, 3.63) is 18.3 Å². The molecule has 1 saturated heterocycles. The minimum atomic E-state index is -0.166. The molecular weight excluding hydrogens is 292 g/mol. The predicted molar refractivity (Wildman–Crippen MR) is 86.3 cm³/mol. The van der Waals surface area contributed by atoms with Crippen LogP contribution in [0.4, 0.5) is 11.5 Å². The first-order valence-corrected chi connectivity index (χ1v) is 7.09. The first-order valence-electron chi connectivity index (χ1n) is 7.09. The van der Waals surface area contributed by atoms with Gasteiger partial charge in [-0.3, -0.25) is 4.79 Å². The van der Waals surface area contributed by atoms with Crippen molar-refractivity contribution in [2.45, 2.75) is 13.3 Å². The lowest BCUT2D eigenvalue weighted by Crippen LogP contribution is -2.43. The Balaban J connectivity index is 0.00000220. The average molecular weight is 315 g/mol. The van der Waals surface area contributed by atoms with Crippen LogP contribution < -0.4 is 15.5 Å². The highest BCUT2D eigenvalue weighted by molar-refractivity contribution is 5.90. The summed E-state index contributed by atoms with van der Waals surface area (Å²) in [5.41, 5.74) is 1.09. The van der Waals surface area contributed by atoms with E-state index >= 15 is 0 Å². The van der Waals surface area contributed by atoms with Gasteiger partial charge in [-0.15, -0.1) is 12.4 Å². The third-order valence-electron chi connectivity index (χ3n) is 3.08. The Morgan fingerprint density at radius 2 is 2.19 bits per heavy atom. The van der Waals surface area contributed by atoms with Crippen LogP contribution in [0.5, 0.6) is 0 Å². The van der Waals surface area contributed by atoms with E-state index in [0.717, 1.165) is 38.3 Å². The lowest BCUT2D eigenvalue weighted by molar-refractivity contribution is -0.120. The maximum atomic E-state index is 11.6. The molecule has 21 heavy (non-hydrogen) atoms. The number of halogens is 1. The highest BCUT2D eigenvalue weighted by atomic mass is 35.5. The SMILES string of the molecule is CCCOCC(=O)Nc1ccc(N2CCNCC2)cn1.Cl. The van der Waals surface area contributed by atoms with Gasteiger partial charge in [-0.05, 0) is 18.6 Å². The summed E-state index contributed by atoms with van der Waals surface area (Å²) in [5.74, 6) is 0.398. The Hall–Kier alpha value is -1.37. The van der Waals surface area contributed by atoms with Gasteiger partial charge in [0.15, 0.2) is 0 Å². The number of ether oxygens (including phenoxy) is 1. The fourth-order valence-corrected chi connectivity index (χ4v) is 2.06. The summed E-state index contributed by atoms with van der Waals surface area (Å²) in [7, 11) is 0. The van der Waals surface area contributed by atoms with Gasteiger partial charge in [0.2, 0.25) is 0 Å². The molecule has 1 fully saturated rings. The van der Waals surface area contributed by atoms with E-state index in [2.05, 4.69) is 20.5 Å². The van der Waals surface area contributed by atoms with Gasteiger partial charge in [0.25, 0.3) is 5.91 Å². The predicted octanol–water partition coefficient (Wildman–Crippen LogP) is 1.28. The molecule has 1 aromatic heterocycles. The molecule has 2 N–H and O–H groups in total. The first kappa shape index (κ1) is 17.7. The second-order valence-electron chi connectivity index (χ2n) is 4.74. The quantitative estimate of drug-likeness (QED) is 0.774. The third-order valence-corrected chi connectivity index (χ3v) is 3.08. The van der Waals surface area contributed by atoms with Crippen molar-refractivity contribution in [2.24, 2.45) is 0 Å². The van der Waals surface area contributed by atoms with Crippen LogP contribution in [0.1, 0.15) is 13.3 Å². The van der Waals surface area contributed by atoms with E-state index in [1.165, 1.54) is 0 Å². The standard InChI is InChI=1S/C14H22N4O2.ClH/c1-2-9-20-11-14(19)17-13-4-3-12(10-16-13)18-7-5-15-6-8-18;/h3-4,10,15H,2,5-9,11H2,1H3,(H,16,17,19);1H. The zero-order chi connectivity index (χ0) is 14.2. The van der Waals surface area contributed by atoms with Gasteiger partial charge in [0.1, 0.15) is 12.4 Å². The second kappa shape index (κ2) is 9.55. The minimum absolute atomic E-state index is 0. The molecule has 0 aliphatic carbocycles. The number of hydrogen-bond donors (Lipinski definition) is 2. The zero-order valence-corrected chi connectivity index (χ0v) is 13.1. The van der Waals surface area contributed by atoms with Crippen molar-refractivity contribution in [3.8, 4) is 0 Å². The molecule has 2 rings (SSSR count). The number of anilines is 2. The van der Waals surface area contributed by atoms with Crippen molar-refractivity contribution >= 4 is 29.8 Å². The molecular formula is C14H23ClN4O2. The molecule has 0 saturated carbocycles. The number of amides is 1. The van der Waals surface area contributed by atoms with E-state index in [-0.39, 0.29) is 24.9 Å². The number of rotatable bonds is 6. The van der Waals surface area contributed by atoms with Crippen LogP contribution in [-0.4, -0.2) is 50.3 Å². The maximum absolute atomic E-state index is 11.6. The molecule has 6 nitrogen and oxygen atoms in total. The summed E-state index contributed by atoms with van der Waals surface area (Å²) in [5, 5.41) is 6.04. The van der Waals surface area contributed by atoms with E-state index < -0.39 is 0 Å². The number of pyridine rings is 1. The smallest absolute Gasteiger partial charge is 0.251 e. The molecule has 1 aliphatic heterocycles. The zero-order valence-electron chi connectivity index (χ0n) is 12.3. The van der Waals surface area contributed by atoms with Crippen LogP contribution in [0.3, 0.4) is 0 Å². The van der Waals surface area contributed by atoms with Crippen LogP contribution in [0, 0.1) is 0 Å². The summed E-state index contributed by atoms with van der Waals surface area (Å²) >= 11 is 0. The van der Waals surface area contributed by atoms with Gasteiger partial charge in [-0.1, -0.05) is 6.92 Å².